The molecule has 0 saturated heterocycles. The Balaban J connectivity index is 2.99. The number of nitrogens with zero attached hydrogens (tertiary/aromatic N) is 1. The van der Waals surface area contributed by atoms with Crippen LogP contribution in [0, 0.1) is 0 Å². The van der Waals surface area contributed by atoms with Gasteiger partial charge in [-0.25, -0.2) is 0 Å². The third kappa shape index (κ3) is 30.0. The van der Waals surface area contributed by atoms with Gasteiger partial charge in [-0.1, -0.05) is 12.8 Å². The number of unbranched alkanes of at least 4 members (excludes halogenated alkanes) is 3. The molecule has 0 heterocycles. The van der Waals surface area contributed by atoms with Gasteiger partial charge in [-0.15, -0.1) is 11.6 Å². The standard InChI is InChI=1S/C22H46ClNO7/c1-24(2)8-10-26-12-14-28-16-18-30-20-22-31-21-19-29-17-15-27-13-11-25-9-6-4-3-5-7-23/h3-22H2,1-2H3. The van der Waals surface area contributed by atoms with Crippen LogP contribution in [0.4, 0.5) is 0 Å². The van der Waals surface area contributed by atoms with Gasteiger partial charge in [0.15, 0.2) is 0 Å². The van der Waals surface area contributed by atoms with E-state index in [2.05, 4.69) is 4.90 Å². The highest BCUT2D eigenvalue weighted by molar-refractivity contribution is 6.17. The third-order valence-electron chi connectivity index (χ3n) is 4.09. The van der Waals surface area contributed by atoms with Crippen molar-refractivity contribution >= 4 is 11.6 Å². The Hall–Kier alpha value is -0.0300. The minimum atomic E-state index is 0.552. The molecule has 0 atom stereocenters. The number of halogens is 1. The van der Waals surface area contributed by atoms with Crippen molar-refractivity contribution in [3.63, 3.8) is 0 Å². The molecule has 31 heavy (non-hydrogen) atoms. The normalized spacial score (nSPS) is 11.6. The molecule has 0 unspecified atom stereocenters. The maximum absolute atomic E-state index is 5.63. The Kier molecular flexibility index (Phi) is 28.0. The summed E-state index contributed by atoms with van der Waals surface area (Å²) >= 11 is 5.63. The van der Waals surface area contributed by atoms with Gasteiger partial charge in [-0.05, 0) is 26.9 Å². The minimum Gasteiger partial charge on any atom is -0.379 e. The highest BCUT2D eigenvalue weighted by Gasteiger charge is 1.95. The molecule has 0 aromatic carbocycles. The molecule has 0 aromatic rings. The Morgan fingerprint density at radius 3 is 1.10 bits per heavy atom. The van der Waals surface area contributed by atoms with Crippen LogP contribution in [0.15, 0.2) is 0 Å². The van der Waals surface area contributed by atoms with Gasteiger partial charge in [0.1, 0.15) is 0 Å². The summed E-state index contributed by atoms with van der Waals surface area (Å²) in [6.45, 7) is 9.38. The van der Waals surface area contributed by atoms with Crippen LogP contribution in [0.3, 0.4) is 0 Å². The summed E-state index contributed by atoms with van der Waals surface area (Å²) in [6.07, 6.45) is 4.54. The van der Waals surface area contributed by atoms with Crippen LogP contribution in [0.2, 0.25) is 0 Å². The quantitative estimate of drug-likeness (QED) is 0.134. The predicted octanol–water partition coefficient (Wildman–Crippen LogP) is 2.46. The number of hydrogen-bond donors (Lipinski definition) is 0. The van der Waals surface area contributed by atoms with E-state index in [-0.39, 0.29) is 0 Å². The Morgan fingerprint density at radius 2 is 0.742 bits per heavy atom. The van der Waals surface area contributed by atoms with Crippen LogP contribution in [0.25, 0.3) is 0 Å². The van der Waals surface area contributed by atoms with Gasteiger partial charge < -0.3 is 38.1 Å². The highest BCUT2D eigenvalue weighted by atomic mass is 35.5. The van der Waals surface area contributed by atoms with Gasteiger partial charge in [0.25, 0.3) is 0 Å². The number of likely N-dealkylation sites (N-methyl/N-ethyl adjacent to an activating group) is 1. The molecule has 0 aromatic heterocycles. The summed E-state index contributed by atoms with van der Waals surface area (Å²) in [5.41, 5.74) is 0. The monoisotopic (exact) mass is 471 g/mol. The number of alkyl halides is 1. The maximum atomic E-state index is 5.63. The fourth-order valence-corrected chi connectivity index (χ4v) is 2.51. The van der Waals surface area contributed by atoms with E-state index < -0.39 is 0 Å². The molecule has 0 aliphatic rings. The SMILES string of the molecule is CN(C)CCOCCOCCOCCOCCOCCOCCOCCCCCCCl. The van der Waals surface area contributed by atoms with Gasteiger partial charge in [-0.2, -0.15) is 0 Å². The second-order valence-corrected chi connectivity index (χ2v) is 7.57. The molecule has 188 valence electrons. The fraction of sp³-hybridized carbons (Fsp3) is 1.00. The second-order valence-electron chi connectivity index (χ2n) is 7.19. The average molecular weight is 472 g/mol. The molecule has 9 heteroatoms. The molecule has 0 N–H and O–H groups in total. The first-order valence-corrected chi connectivity index (χ1v) is 12.1. The third-order valence-corrected chi connectivity index (χ3v) is 4.35. The van der Waals surface area contributed by atoms with Crippen molar-refractivity contribution in [2.75, 3.05) is 119 Å². The van der Waals surface area contributed by atoms with Gasteiger partial charge in [0, 0.05) is 19.0 Å². The fourth-order valence-electron chi connectivity index (χ4n) is 2.32. The van der Waals surface area contributed by atoms with Gasteiger partial charge in [0.05, 0.1) is 85.9 Å². The van der Waals surface area contributed by atoms with Crippen LogP contribution in [-0.4, -0.2) is 124 Å². The molecule has 0 rings (SSSR count). The Morgan fingerprint density at radius 1 is 0.419 bits per heavy atom. The molecule has 0 saturated carbocycles. The first kappa shape index (κ1) is 31.0. The van der Waals surface area contributed by atoms with Crippen LogP contribution in [-0.2, 0) is 33.2 Å². The van der Waals surface area contributed by atoms with Gasteiger partial charge in [-0.3, -0.25) is 0 Å². The predicted molar refractivity (Wildman–Crippen MR) is 123 cm³/mol. The lowest BCUT2D eigenvalue weighted by Gasteiger charge is -2.10. The summed E-state index contributed by atoms with van der Waals surface area (Å²) in [4.78, 5) is 2.09. The Labute approximate surface area is 194 Å². The Bertz CT molecular complexity index is 328. The number of rotatable bonds is 27. The number of ether oxygens (including phenoxy) is 7. The summed E-state index contributed by atoms with van der Waals surface area (Å²) in [7, 11) is 4.05. The van der Waals surface area contributed by atoms with Crippen LogP contribution < -0.4 is 0 Å². The molecular formula is C22H46ClNO7. The lowest BCUT2D eigenvalue weighted by atomic mass is 10.2. The van der Waals surface area contributed by atoms with Crippen molar-refractivity contribution in [2.24, 2.45) is 0 Å². The highest BCUT2D eigenvalue weighted by Crippen LogP contribution is 2.01. The van der Waals surface area contributed by atoms with Crippen molar-refractivity contribution < 1.29 is 33.2 Å². The van der Waals surface area contributed by atoms with Crippen molar-refractivity contribution in [1.82, 2.24) is 4.90 Å². The van der Waals surface area contributed by atoms with Crippen molar-refractivity contribution in [3.05, 3.63) is 0 Å². The van der Waals surface area contributed by atoms with Gasteiger partial charge in [0.2, 0.25) is 0 Å². The van der Waals surface area contributed by atoms with Crippen LogP contribution in [0.1, 0.15) is 25.7 Å². The molecule has 0 aliphatic heterocycles. The lowest BCUT2D eigenvalue weighted by molar-refractivity contribution is -0.0208. The van der Waals surface area contributed by atoms with Gasteiger partial charge >= 0.3 is 0 Å². The van der Waals surface area contributed by atoms with Crippen LogP contribution >= 0.6 is 11.6 Å². The zero-order valence-electron chi connectivity index (χ0n) is 19.8. The molecule has 0 radical (unpaired) electrons. The van der Waals surface area contributed by atoms with Crippen molar-refractivity contribution in [1.29, 1.82) is 0 Å². The van der Waals surface area contributed by atoms with E-state index in [4.69, 9.17) is 44.8 Å². The number of hydrogen-bond acceptors (Lipinski definition) is 8. The summed E-state index contributed by atoms with van der Waals surface area (Å²) in [6, 6.07) is 0. The second kappa shape index (κ2) is 28.0. The molecule has 0 fully saturated rings. The lowest BCUT2D eigenvalue weighted by Crippen LogP contribution is -2.19. The largest absolute Gasteiger partial charge is 0.379 e. The average Bonchev–Trinajstić information content (AvgIpc) is 2.76. The first-order valence-electron chi connectivity index (χ1n) is 11.5. The van der Waals surface area contributed by atoms with E-state index in [0.29, 0.717) is 79.3 Å². The smallest absolute Gasteiger partial charge is 0.0701 e. The van der Waals surface area contributed by atoms with E-state index in [9.17, 15) is 0 Å². The van der Waals surface area contributed by atoms with E-state index >= 15 is 0 Å². The topological polar surface area (TPSA) is 67.9 Å². The van der Waals surface area contributed by atoms with E-state index in [1.807, 2.05) is 14.1 Å². The first-order chi connectivity index (χ1) is 15.3. The van der Waals surface area contributed by atoms with E-state index in [1.165, 1.54) is 12.8 Å². The zero-order valence-corrected chi connectivity index (χ0v) is 20.6. The molecular weight excluding hydrogens is 426 g/mol. The molecule has 8 nitrogen and oxygen atoms in total. The van der Waals surface area contributed by atoms with E-state index in [0.717, 1.165) is 38.5 Å². The minimum absolute atomic E-state index is 0.552. The van der Waals surface area contributed by atoms with Crippen LogP contribution in [0.5, 0.6) is 0 Å². The van der Waals surface area contributed by atoms with Crippen molar-refractivity contribution in [2.45, 2.75) is 25.7 Å². The molecule has 0 bridgehead atoms. The molecule has 0 spiro atoms. The van der Waals surface area contributed by atoms with E-state index in [1.54, 1.807) is 0 Å². The summed E-state index contributed by atoms with van der Waals surface area (Å²) in [5, 5.41) is 0. The molecule has 0 aliphatic carbocycles. The maximum Gasteiger partial charge on any atom is 0.0701 e. The summed E-state index contributed by atoms with van der Waals surface area (Å²) in [5.74, 6) is 0.752. The molecule has 0 amide bonds. The van der Waals surface area contributed by atoms with Crippen molar-refractivity contribution in [3.8, 4) is 0 Å². The zero-order chi connectivity index (χ0) is 22.7. The summed E-state index contributed by atoms with van der Waals surface area (Å²) < 4.78 is 38.2.